The molecule has 0 saturated heterocycles. The van der Waals surface area contributed by atoms with Crippen LogP contribution in [0.2, 0.25) is 0 Å². The number of hydrogen-bond acceptors (Lipinski definition) is 6. The molecule has 0 radical (unpaired) electrons. The lowest BCUT2D eigenvalue weighted by Crippen LogP contribution is -2.47. The van der Waals surface area contributed by atoms with E-state index < -0.39 is 24.0 Å². The Morgan fingerprint density at radius 3 is 2.68 bits per heavy atom. The number of esters is 2. The number of nitrogens with one attached hydrogen (secondary N) is 2. The van der Waals surface area contributed by atoms with Crippen molar-refractivity contribution < 1.29 is 28.6 Å². The van der Waals surface area contributed by atoms with E-state index in [9.17, 15) is 14.4 Å². The molecule has 2 aliphatic heterocycles. The molecule has 2 amide bonds. The zero-order valence-corrected chi connectivity index (χ0v) is 17.0. The van der Waals surface area contributed by atoms with Crippen LogP contribution in [0.25, 0.3) is 0 Å². The number of hydrogen-bond donors (Lipinski definition) is 2. The van der Waals surface area contributed by atoms with Crippen molar-refractivity contribution in [2.24, 2.45) is 0 Å². The van der Waals surface area contributed by atoms with Gasteiger partial charge in [0.25, 0.3) is 0 Å². The summed E-state index contributed by atoms with van der Waals surface area (Å²) in [6.45, 7) is 2.17. The van der Waals surface area contributed by atoms with Crippen LogP contribution in [-0.2, 0) is 20.7 Å². The second-order valence-corrected chi connectivity index (χ2v) is 7.05. The summed E-state index contributed by atoms with van der Waals surface area (Å²) < 4.78 is 16.1. The molecule has 1 unspecified atom stereocenters. The largest absolute Gasteiger partial charge is 0.493 e. The van der Waals surface area contributed by atoms with Gasteiger partial charge in [0.2, 0.25) is 0 Å². The Kier molecular flexibility index (Phi) is 5.88. The van der Waals surface area contributed by atoms with E-state index >= 15 is 0 Å². The number of fused-ring (bicyclic) bond motifs is 1. The van der Waals surface area contributed by atoms with Crippen LogP contribution >= 0.6 is 0 Å². The summed E-state index contributed by atoms with van der Waals surface area (Å²) in [5, 5.41) is 5.32. The highest BCUT2D eigenvalue weighted by molar-refractivity contribution is 5.95. The van der Waals surface area contributed by atoms with Crippen molar-refractivity contribution in [2.75, 3.05) is 19.8 Å². The fraction of sp³-hybridized carbons (Fsp3) is 0.261. The SMILES string of the molecule is CCOC(=O)C1=C(COC(=O)c2ccc3c(c2)CCO3)NC(=O)NC1c1ccccc1. The molecule has 8 heteroatoms. The number of carbonyl (C=O) groups excluding carboxylic acids is 3. The van der Waals surface area contributed by atoms with E-state index in [1.54, 1.807) is 37.3 Å². The van der Waals surface area contributed by atoms with Gasteiger partial charge in [-0.25, -0.2) is 14.4 Å². The number of carbonyl (C=O) groups is 3. The van der Waals surface area contributed by atoms with Crippen LogP contribution in [0.15, 0.2) is 59.8 Å². The Hall–Kier alpha value is -3.81. The molecule has 2 aromatic carbocycles. The maximum atomic E-state index is 12.7. The van der Waals surface area contributed by atoms with Crippen molar-refractivity contribution in [3.8, 4) is 5.75 Å². The Balaban J connectivity index is 1.60. The highest BCUT2D eigenvalue weighted by atomic mass is 16.5. The number of amides is 2. The zero-order chi connectivity index (χ0) is 21.8. The first kappa shape index (κ1) is 20.5. The maximum absolute atomic E-state index is 12.7. The van der Waals surface area contributed by atoms with Gasteiger partial charge in [0, 0.05) is 6.42 Å². The minimum absolute atomic E-state index is 0.169. The summed E-state index contributed by atoms with van der Waals surface area (Å²) in [4.78, 5) is 37.6. The van der Waals surface area contributed by atoms with Gasteiger partial charge in [-0.1, -0.05) is 30.3 Å². The number of urea groups is 1. The predicted molar refractivity (Wildman–Crippen MR) is 110 cm³/mol. The maximum Gasteiger partial charge on any atom is 0.338 e. The molecular weight excluding hydrogens is 400 g/mol. The van der Waals surface area contributed by atoms with Crippen LogP contribution in [0.1, 0.15) is 34.5 Å². The molecule has 8 nitrogen and oxygen atoms in total. The van der Waals surface area contributed by atoms with E-state index in [0.717, 1.165) is 17.7 Å². The second kappa shape index (κ2) is 8.91. The first-order chi connectivity index (χ1) is 15.1. The Labute approximate surface area is 179 Å². The molecule has 1 atom stereocenters. The summed E-state index contributed by atoms with van der Waals surface area (Å²) in [5.41, 5.74) is 2.42. The first-order valence-corrected chi connectivity index (χ1v) is 10.0. The van der Waals surface area contributed by atoms with Crippen LogP contribution in [0.5, 0.6) is 5.75 Å². The van der Waals surface area contributed by atoms with E-state index in [-0.39, 0.29) is 24.5 Å². The fourth-order valence-electron chi connectivity index (χ4n) is 3.61. The van der Waals surface area contributed by atoms with Crippen LogP contribution in [-0.4, -0.2) is 37.8 Å². The minimum atomic E-state index is -0.722. The van der Waals surface area contributed by atoms with Gasteiger partial charge in [-0.15, -0.1) is 0 Å². The molecule has 4 rings (SSSR count). The summed E-state index contributed by atoms with van der Waals surface area (Å²) in [7, 11) is 0. The standard InChI is InChI=1S/C23H22N2O6/c1-2-29-22(27)19-17(24-23(28)25-20(19)14-6-4-3-5-7-14)13-31-21(26)16-8-9-18-15(12-16)10-11-30-18/h3-9,12,20H,2,10-11,13H2,1H3,(H2,24,25,28). The molecule has 0 saturated carbocycles. The summed E-state index contributed by atoms with van der Waals surface area (Å²) >= 11 is 0. The van der Waals surface area contributed by atoms with Gasteiger partial charge in [0.05, 0.1) is 36.1 Å². The van der Waals surface area contributed by atoms with Crippen molar-refractivity contribution in [3.05, 3.63) is 76.5 Å². The van der Waals surface area contributed by atoms with Gasteiger partial charge in [-0.05, 0) is 36.2 Å². The average molecular weight is 422 g/mol. The van der Waals surface area contributed by atoms with Gasteiger partial charge in [-0.2, -0.15) is 0 Å². The van der Waals surface area contributed by atoms with Crippen LogP contribution in [0, 0.1) is 0 Å². The Bertz CT molecular complexity index is 1050. The van der Waals surface area contributed by atoms with E-state index in [2.05, 4.69) is 10.6 Å². The number of ether oxygens (including phenoxy) is 3. The van der Waals surface area contributed by atoms with Gasteiger partial charge in [-0.3, -0.25) is 0 Å². The lowest BCUT2D eigenvalue weighted by molar-refractivity contribution is -0.139. The quantitative estimate of drug-likeness (QED) is 0.694. The molecular formula is C23H22N2O6. The van der Waals surface area contributed by atoms with Crippen molar-refractivity contribution in [1.82, 2.24) is 10.6 Å². The normalized spacial score (nSPS) is 17.2. The molecule has 0 bridgehead atoms. The lowest BCUT2D eigenvalue weighted by Gasteiger charge is -2.29. The minimum Gasteiger partial charge on any atom is -0.493 e. The zero-order valence-electron chi connectivity index (χ0n) is 17.0. The number of benzene rings is 2. The topological polar surface area (TPSA) is 103 Å². The monoisotopic (exact) mass is 422 g/mol. The van der Waals surface area contributed by atoms with Crippen molar-refractivity contribution >= 4 is 18.0 Å². The Morgan fingerprint density at radius 2 is 1.90 bits per heavy atom. The lowest BCUT2D eigenvalue weighted by atomic mass is 9.95. The number of rotatable bonds is 6. The van der Waals surface area contributed by atoms with Crippen LogP contribution in [0.3, 0.4) is 0 Å². The summed E-state index contributed by atoms with van der Waals surface area (Å²) in [6.07, 6.45) is 0.731. The van der Waals surface area contributed by atoms with E-state index in [4.69, 9.17) is 14.2 Å². The summed E-state index contributed by atoms with van der Waals surface area (Å²) in [6, 6.07) is 12.9. The van der Waals surface area contributed by atoms with Crippen molar-refractivity contribution in [1.29, 1.82) is 0 Å². The third kappa shape index (κ3) is 4.37. The smallest absolute Gasteiger partial charge is 0.338 e. The Morgan fingerprint density at radius 1 is 1.10 bits per heavy atom. The molecule has 0 aromatic heterocycles. The van der Waals surface area contributed by atoms with Crippen molar-refractivity contribution in [3.63, 3.8) is 0 Å². The summed E-state index contributed by atoms with van der Waals surface area (Å²) in [5.74, 6) is -0.390. The second-order valence-electron chi connectivity index (χ2n) is 7.05. The van der Waals surface area contributed by atoms with Crippen LogP contribution in [0.4, 0.5) is 4.79 Å². The first-order valence-electron chi connectivity index (χ1n) is 10.0. The molecule has 31 heavy (non-hydrogen) atoms. The average Bonchev–Trinajstić information content (AvgIpc) is 3.25. The van der Waals surface area contributed by atoms with Gasteiger partial charge in [0.1, 0.15) is 12.4 Å². The van der Waals surface area contributed by atoms with Crippen molar-refractivity contribution in [2.45, 2.75) is 19.4 Å². The molecule has 2 aromatic rings. The fourth-order valence-corrected chi connectivity index (χ4v) is 3.61. The molecule has 160 valence electrons. The molecule has 0 spiro atoms. The van der Waals surface area contributed by atoms with E-state index in [1.807, 2.05) is 18.2 Å². The van der Waals surface area contributed by atoms with Crippen LogP contribution < -0.4 is 15.4 Å². The van der Waals surface area contributed by atoms with Gasteiger partial charge < -0.3 is 24.8 Å². The molecule has 0 fully saturated rings. The molecule has 2 N–H and O–H groups in total. The predicted octanol–water partition coefficient (Wildman–Crippen LogP) is 2.65. The highest BCUT2D eigenvalue weighted by Gasteiger charge is 2.34. The third-order valence-electron chi connectivity index (χ3n) is 5.05. The van der Waals surface area contributed by atoms with Gasteiger partial charge in [0.15, 0.2) is 0 Å². The third-order valence-corrected chi connectivity index (χ3v) is 5.05. The van der Waals surface area contributed by atoms with E-state index in [0.29, 0.717) is 17.7 Å². The molecule has 2 aliphatic rings. The highest BCUT2D eigenvalue weighted by Crippen LogP contribution is 2.29. The van der Waals surface area contributed by atoms with E-state index in [1.165, 1.54) is 0 Å². The van der Waals surface area contributed by atoms with Gasteiger partial charge >= 0.3 is 18.0 Å². The molecule has 2 heterocycles. The molecule has 0 aliphatic carbocycles.